The van der Waals surface area contributed by atoms with Gasteiger partial charge in [-0.15, -0.1) is 0 Å². The molecule has 0 unspecified atom stereocenters. The van der Waals surface area contributed by atoms with Crippen LogP contribution in [0.2, 0.25) is 0 Å². The van der Waals surface area contributed by atoms with Gasteiger partial charge in [0.15, 0.2) is 0 Å². The molecule has 0 saturated carbocycles. The number of nitrogens with zero attached hydrogens (tertiary/aromatic N) is 1. The molecule has 47 heavy (non-hydrogen) atoms. The van der Waals surface area contributed by atoms with E-state index in [-0.39, 0.29) is 17.0 Å². The second kappa shape index (κ2) is 42.6. The molecule has 0 spiro atoms. The number of halogens is 1. The maximum absolute atomic E-state index is 2.35. The van der Waals surface area contributed by atoms with Crippen LogP contribution >= 0.6 is 0 Å². The molecule has 0 radical (unpaired) electrons. The average molecular weight is 729 g/mol. The Hall–Kier alpha value is 0.440. The van der Waals surface area contributed by atoms with Crippen molar-refractivity contribution in [2.24, 2.45) is 0 Å². The zero-order chi connectivity index (χ0) is 33.5. The minimum Gasteiger partial charge on any atom is -1.00 e. The number of rotatable bonds is 41. The van der Waals surface area contributed by atoms with Crippen molar-refractivity contribution >= 4 is 0 Å². The van der Waals surface area contributed by atoms with Crippen LogP contribution in [0.15, 0.2) is 0 Å². The summed E-state index contributed by atoms with van der Waals surface area (Å²) in [7, 11) is 0. The number of hydrogen-bond acceptors (Lipinski definition) is 0. The van der Waals surface area contributed by atoms with Crippen LogP contribution in [0.4, 0.5) is 0 Å². The zero-order valence-electron chi connectivity index (χ0n) is 33.8. The SMILES string of the molecule is CCCCCCCCCCCCCCCCCC[N+](CCCCCCCCC)(CCCCCCCCC)CCCCCCCCC.[Br-]. The van der Waals surface area contributed by atoms with Crippen molar-refractivity contribution in [3.8, 4) is 0 Å². The molecule has 0 atom stereocenters. The van der Waals surface area contributed by atoms with Gasteiger partial charge in [-0.2, -0.15) is 0 Å². The van der Waals surface area contributed by atoms with Crippen LogP contribution in [0.25, 0.3) is 0 Å². The lowest BCUT2D eigenvalue weighted by Crippen LogP contribution is -3.00. The van der Waals surface area contributed by atoms with Gasteiger partial charge in [-0.25, -0.2) is 0 Å². The molecule has 0 rings (SSSR count). The van der Waals surface area contributed by atoms with E-state index in [4.69, 9.17) is 0 Å². The highest BCUT2D eigenvalue weighted by atomic mass is 79.9. The van der Waals surface area contributed by atoms with Crippen LogP contribution in [0.1, 0.15) is 265 Å². The van der Waals surface area contributed by atoms with E-state index in [1.807, 2.05) is 0 Å². The van der Waals surface area contributed by atoms with Gasteiger partial charge in [0, 0.05) is 0 Å². The second-order valence-electron chi connectivity index (χ2n) is 15.9. The molecule has 0 saturated heterocycles. The van der Waals surface area contributed by atoms with Crippen LogP contribution in [0.5, 0.6) is 0 Å². The van der Waals surface area contributed by atoms with Crippen molar-refractivity contribution in [3.63, 3.8) is 0 Å². The normalized spacial score (nSPS) is 11.7. The Morgan fingerprint density at radius 1 is 0.191 bits per heavy atom. The van der Waals surface area contributed by atoms with Gasteiger partial charge >= 0.3 is 0 Å². The molecule has 0 aliphatic rings. The van der Waals surface area contributed by atoms with Crippen LogP contribution in [-0.2, 0) is 0 Å². The van der Waals surface area contributed by atoms with E-state index in [1.54, 1.807) is 0 Å². The van der Waals surface area contributed by atoms with Crippen molar-refractivity contribution < 1.29 is 21.5 Å². The summed E-state index contributed by atoms with van der Waals surface area (Å²) in [5, 5.41) is 0. The lowest BCUT2D eigenvalue weighted by molar-refractivity contribution is -0.929. The fourth-order valence-corrected chi connectivity index (χ4v) is 7.88. The maximum atomic E-state index is 2.35. The Bertz CT molecular complexity index is 489. The van der Waals surface area contributed by atoms with Gasteiger partial charge in [0.1, 0.15) is 0 Å². The summed E-state index contributed by atoms with van der Waals surface area (Å²) in [6.45, 7) is 15.3. The third-order valence-electron chi connectivity index (χ3n) is 11.2. The van der Waals surface area contributed by atoms with Crippen LogP contribution in [0.3, 0.4) is 0 Å². The van der Waals surface area contributed by atoms with Gasteiger partial charge < -0.3 is 21.5 Å². The Labute approximate surface area is 311 Å². The number of quaternary nitrogens is 1. The van der Waals surface area contributed by atoms with Crippen LogP contribution in [-0.4, -0.2) is 30.7 Å². The van der Waals surface area contributed by atoms with Crippen LogP contribution < -0.4 is 17.0 Å². The van der Waals surface area contributed by atoms with Crippen molar-refractivity contribution in [1.82, 2.24) is 0 Å². The summed E-state index contributed by atoms with van der Waals surface area (Å²) in [4.78, 5) is 0. The molecule has 0 aliphatic carbocycles. The van der Waals surface area contributed by atoms with Crippen molar-refractivity contribution in [2.45, 2.75) is 265 Å². The minimum absolute atomic E-state index is 0. The Morgan fingerprint density at radius 3 is 0.468 bits per heavy atom. The van der Waals surface area contributed by atoms with Crippen molar-refractivity contribution in [3.05, 3.63) is 0 Å². The third kappa shape index (κ3) is 37.5. The van der Waals surface area contributed by atoms with E-state index in [9.17, 15) is 0 Å². The maximum Gasteiger partial charge on any atom is 0.0786 e. The summed E-state index contributed by atoms with van der Waals surface area (Å²) in [6, 6.07) is 0. The standard InChI is InChI=1S/C45H94N.BrH/c1-5-9-13-17-21-22-23-24-25-26-27-28-29-33-37-41-45-46(42-38-34-30-18-14-10-6-2,43-39-35-31-19-15-11-7-3)44-40-36-32-20-16-12-8-4;/h5-45H2,1-4H3;1H/q+1;/p-1. The molecular weight excluding hydrogens is 634 g/mol. The first-order valence-electron chi connectivity index (χ1n) is 22.6. The van der Waals surface area contributed by atoms with E-state index >= 15 is 0 Å². The second-order valence-corrected chi connectivity index (χ2v) is 15.9. The molecule has 0 bridgehead atoms. The molecule has 0 N–H and O–H groups in total. The quantitative estimate of drug-likeness (QED) is 0.0434. The van der Waals surface area contributed by atoms with Crippen LogP contribution in [0, 0.1) is 0 Å². The van der Waals surface area contributed by atoms with E-state index in [0.29, 0.717) is 0 Å². The van der Waals surface area contributed by atoms with Gasteiger partial charge in [0.25, 0.3) is 0 Å². The lowest BCUT2D eigenvalue weighted by Gasteiger charge is -2.40. The van der Waals surface area contributed by atoms with E-state index < -0.39 is 0 Å². The topological polar surface area (TPSA) is 0 Å². The van der Waals surface area contributed by atoms with Gasteiger partial charge in [0.05, 0.1) is 26.2 Å². The Balaban J connectivity index is 0. The first kappa shape index (κ1) is 49.6. The van der Waals surface area contributed by atoms with Gasteiger partial charge in [-0.3, -0.25) is 0 Å². The van der Waals surface area contributed by atoms with Gasteiger partial charge in [-0.1, -0.05) is 214 Å². The Kier molecular flexibility index (Phi) is 44.9. The van der Waals surface area contributed by atoms with E-state index in [0.717, 1.165) is 0 Å². The zero-order valence-corrected chi connectivity index (χ0v) is 35.4. The summed E-state index contributed by atoms with van der Waals surface area (Å²) >= 11 is 0. The van der Waals surface area contributed by atoms with Gasteiger partial charge in [-0.05, 0) is 51.4 Å². The van der Waals surface area contributed by atoms with Crippen molar-refractivity contribution in [2.75, 3.05) is 26.2 Å². The van der Waals surface area contributed by atoms with E-state index in [1.165, 1.54) is 268 Å². The molecule has 0 fully saturated rings. The van der Waals surface area contributed by atoms with Gasteiger partial charge in [0.2, 0.25) is 0 Å². The molecule has 1 nitrogen and oxygen atoms in total. The fourth-order valence-electron chi connectivity index (χ4n) is 7.88. The number of hydrogen-bond donors (Lipinski definition) is 0. The lowest BCUT2D eigenvalue weighted by atomic mass is 10.0. The third-order valence-corrected chi connectivity index (χ3v) is 11.2. The highest BCUT2D eigenvalue weighted by molar-refractivity contribution is 4.56. The van der Waals surface area contributed by atoms with E-state index in [2.05, 4.69) is 27.7 Å². The molecule has 0 aromatic rings. The predicted molar refractivity (Wildman–Crippen MR) is 213 cm³/mol. The monoisotopic (exact) mass is 728 g/mol. The first-order chi connectivity index (χ1) is 22.7. The molecule has 286 valence electrons. The highest BCUT2D eigenvalue weighted by Crippen LogP contribution is 2.21. The molecule has 0 heterocycles. The predicted octanol–water partition coefficient (Wildman–Crippen LogP) is 13.3. The first-order valence-corrected chi connectivity index (χ1v) is 22.6. The fraction of sp³-hybridized carbons (Fsp3) is 1.00. The number of unbranched alkanes of at least 4 members (excludes halogenated alkanes) is 33. The average Bonchev–Trinajstić information content (AvgIpc) is 3.06. The van der Waals surface area contributed by atoms with Crippen molar-refractivity contribution in [1.29, 1.82) is 0 Å². The Morgan fingerprint density at radius 2 is 0.319 bits per heavy atom. The summed E-state index contributed by atoms with van der Waals surface area (Å²) in [5.74, 6) is 0. The molecular formula is C45H94BrN. The minimum atomic E-state index is 0. The summed E-state index contributed by atoms with van der Waals surface area (Å²) in [6.07, 6.45) is 54.2. The molecule has 2 heteroatoms. The highest BCUT2D eigenvalue weighted by Gasteiger charge is 2.25. The smallest absolute Gasteiger partial charge is 0.0786 e. The molecule has 0 aromatic carbocycles. The molecule has 0 amide bonds. The molecule has 0 aliphatic heterocycles. The largest absolute Gasteiger partial charge is 1.00 e. The summed E-state index contributed by atoms with van der Waals surface area (Å²) in [5.41, 5.74) is 0. The summed E-state index contributed by atoms with van der Waals surface area (Å²) < 4.78 is 1.48. The molecule has 0 aromatic heterocycles.